The van der Waals surface area contributed by atoms with Crippen LogP contribution in [0.25, 0.3) is 0 Å². The first kappa shape index (κ1) is 18.4. The van der Waals surface area contributed by atoms with Gasteiger partial charge in [-0.05, 0) is 0 Å². The Bertz CT molecular complexity index is 651. The third-order valence-electron chi connectivity index (χ3n) is 2.32. The van der Waals surface area contributed by atoms with Crippen LogP contribution >= 0.6 is 8.25 Å². The molecule has 0 fully saturated rings. The van der Waals surface area contributed by atoms with Gasteiger partial charge in [0.05, 0.1) is 0 Å². The molecule has 2 aromatic rings. The van der Waals surface area contributed by atoms with E-state index in [-0.39, 0.29) is 11.5 Å². The molecule has 0 atom stereocenters. The molecule has 2 aromatic heterocycles. The van der Waals surface area contributed by atoms with Gasteiger partial charge in [-0.2, -0.15) is 26.3 Å². The summed E-state index contributed by atoms with van der Waals surface area (Å²) in [5, 5.41) is 5.48. The maximum absolute atomic E-state index is 12.3. The Morgan fingerprint density at radius 2 is 1.25 bits per heavy atom. The standard InChI is InChI=1S/C10H6F6N2O5P/c11-9(12,13)7-1-5(22-17-7)3-20-24(19)21-4-6-2-8(18-23-6)10(14,15)16/h1-2H,3-4H2/q+1. The van der Waals surface area contributed by atoms with Gasteiger partial charge in [0.2, 0.25) is 0 Å². The second-order valence-electron chi connectivity index (χ2n) is 4.12. The lowest BCUT2D eigenvalue weighted by atomic mass is 10.4. The number of aromatic nitrogens is 2. The van der Waals surface area contributed by atoms with E-state index < -0.39 is 45.2 Å². The van der Waals surface area contributed by atoms with Crippen molar-refractivity contribution in [2.75, 3.05) is 0 Å². The van der Waals surface area contributed by atoms with Crippen LogP contribution < -0.4 is 0 Å². The second kappa shape index (κ2) is 6.87. The van der Waals surface area contributed by atoms with Crippen molar-refractivity contribution >= 4 is 8.25 Å². The van der Waals surface area contributed by atoms with Gasteiger partial charge in [-0.3, -0.25) is 0 Å². The molecule has 132 valence electrons. The van der Waals surface area contributed by atoms with E-state index in [2.05, 4.69) is 28.4 Å². The van der Waals surface area contributed by atoms with Crippen molar-refractivity contribution in [2.45, 2.75) is 25.6 Å². The predicted octanol–water partition coefficient (Wildman–Crippen LogP) is 4.09. The third kappa shape index (κ3) is 5.01. The largest absolute Gasteiger partial charge is 0.698 e. The molecule has 7 nitrogen and oxygen atoms in total. The lowest BCUT2D eigenvalue weighted by molar-refractivity contribution is -0.143. The molecule has 14 heteroatoms. The van der Waals surface area contributed by atoms with Crippen LogP contribution in [-0.2, 0) is 39.2 Å². The zero-order valence-electron chi connectivity index (χ0n) is 11.2. The predicted molar refractivity (Wildman–Crippen MR) is 60.2 cm³/mol. The van der Waals surface area contributed by atoms with Crippen LogP contribution in [0, 0.1) is 0 Å². The zero-order chi connectivity index (χ0) is 18.0. The van der Waals surface area contributed by atoms with Crippen molar-refractivity contribution in [3.63, 3.8) is 0 Å². The minimum Gasteiger partial charge on any atom is -0.358 e. The van der Waals surface area contributed by atoms with Crippen LogP contribution in [0.15, 0.2) is 21.2 Å². The average molecular weight is 379 g/mol. The molecule has 0 saturated carbocycles. The number of halogens is 6. The highest BCUT2D eigenvalue weighted by Gasteiger charge is 2.36. The Morgan fingerprint density at radius 3 is 1.54 bits per heavy atom. The van der Waals surface area contributed by atoms with E-state index in [4.69, 9.17) is 0 Å². The van der Waals surface area contributed by atoms with E-state index in [0.29, 0.717) is 12.1 Å². The van der Waals surface area contributed by atoms with E-state index >= 15 is 0 Å². The normalized spacial score (nSPS) is 12.6. The molecule has 2 heterocycles. The van der Waals surface area contributed by atoms with Crippen LogP contribution in [0.4, 0.5) is 26.3 Å². The van der Waals surface area contributed by atoms with Gasteiger partial charge in [0.15, 0.2) is 36.1 Å². The smallest absolute Gasteiger partial charge is 0.358 e. The van der Waals surface area contributed by atoms with Gasteiger partial charge in [-0.15, -0.1) is 9.05 Å². The molecule has 0 amide bonds. The summed E-state index contributed by atoms with van der Waals surface area (Å²) in [5.41, 5.74) is -2.59. The molecule has 0 bridgehead atoms. The van der Waals surface area contributed by atoms with Gasteiger partial charge in [0.25, 0.3) is 0 Å². The molecule has 0 aliphatic rings. The quantitative estimate of drug-likeness (QED) is 0.552. The molecule has 0 spiro atoms. The summed E-state index contributed by atoms with van der Waals surface area (Å²) in [4.78, 5) is 0. The van der Waals surface area contributed by atoms with Crippen LogP contribution in [0.5, 0.6) is 0 Å². The Morgan fingerprint density at radius 1 is 0.875 bits per heavy atom. The fraction of sp³-hybridized carbons (Fsp3) is 0.400. The Kier molecular flexibility index (Phi) is 5.26. The van der Waals surface area contributed by atoms with E-state index in [1.807, 2.05) is 0 Å². The number of hydrogen-bond acceptors (Lipinski definition) is 7. The second-order valence-corrected chi connectivity index (χ2v) is 5.09. The summed E-state index contributed by atoms with van der Waals surface area (Å²) < 4.78 is 103. The van der Waals surface area contributed by atoms with Crippen LogP contribution in [0.3, 0.4) is 0 Å². The Labute approximate surface area is 129 Å². The van der Waals surface area contributed by atoms with Gasteiger partial charge in [-0.25, -0.2) is 0 Å². The molecule has 0 N–H and O–H groups in total. The summed E-state index contributed by atoms with van der Waals surface area (Å²) in [7, 11) is -2.85. The minimum absolute atomic E-state index is 0.367. The van der Waals surface area contributed by atoms with Crippen LogP contribution in [-0.4, -0.2) is 10.3 Å². The van der Waals surface area contributed by atoms with E-state index in [0.717, 1.165) is 0 Å². The highest BCUT2D eigenvalue weighted by molar-refractivity contribution is 7.33. The van der Waals surface area contributed by atoms with Crippen molar-refractivity contribution in [1.82, 2.24) is 10.3 Å². The molecule has 0 radical (unpaired) electrons. The minimum atomic E-state index is -4.71. The molecule has 0 unspecified atom stereocenters. The van der Waals surface area contributed by atoms with Crippen molar-refractivity contribution in [3.05, 3.63) is 35.0 Å². The molecular weight excluding hydrogens is 373 g/mol. The van der Waals surface area contributed by atoms with Crippen molar-refractivity contribution in [2.24, 2.45) is 0 Å². The van der Waals surface area contributed by atoms with Gasteiger partial charge in [-0.1, -0.05) is 10.3 Å². The van der Waals surface area contributed by atoms with Crippen molar-refractivity contribution < 1.29 is 49.0 Å². The number of alkyl halides is 6. The SMILES string of the molecule is O=[P+](OCc1cc(C(F)(F)F)no1)OCc1cc(C(F)(F)F)no1. The summed E-state index contributed by atoms with van der Waals surface area (Å²) in [6.45, 7) is -1.30. The molecule has 0 aromatic carbocycles. The summed E-state index contributed by atoms with van der Waals surface area (Å²) in [5.74, 6) is -0.735. The fourth-order valence-electron chi connectivity index (χ4n) is 1.30. The molecule has 2 rings (SSSR count). The monoisotopic (exact) mass is 379 g/mol. The number of rotatable bonds is 6. The maximum atomic E-state index is 12.3. The first-order valence-corrected chi connectivity index (χ1v) is 6.94. The molecule has 0 saturated heterocycles. The molecule has 24 heavy (non-hydrogen) atoms. The fourth-order valence-corrected chi connectivity index (χ4v) is 1.84. The van der Waals surface area contributed by atoms with Gasteiger partial charge >= 0.3 is 20.6 Å². The van der Waals surface area contributed by atoms with E-state index in [1.54, 1.807) is 0 Å². The Hall–Kier alpha value is -1.98. The van der Waals surface area contributed by atoms with Gasteiger partial charge in [0.1, 0.15) is 0 Å². The van der Waals surface area contributed by atoms with Crippen molar-refractivity contribution in [3.8, 4) is 0 Å². The number of nitrogens with zero attached hydrogens (tertiary/aromatic N) is 2. The molecule has 0 aliphatic carbocycles. The van der Waals surface area contributed by atoms with E-state index in [9.17, 15) is 30.9 Å². The highest BCUT2D eigenvalue weighted by Crippen LogP contribution is 2.32. The first-order chi connectivity index (χ1) is 11.1. The van der Waals surface area contributed by atoms with E-state index in [1.165, 1.54) is 0 Å². The molecular formula is C10H6F6N2O5P+. The topological polar surface area (TPSA) is 87.6 Å². The zero-order valence-corrected chi connectivity index (χ0v) is 12.1. The van der Waals surface area contributed by atoms with Crippen molar-refractivity contribution in [1.29, 1.82) is 0 Å². The molecule has 0 aliphatic heterocycles. The van der Waals surface area contributed by atoms with Gasteiger partial charge in [0, 0.05) is 16.7 Å². The number of hydrogen-bond donors (Lipinski definition) is 0. The average Bonchev–Trinajstić information content (AvgIpc) is 3.10. The Balaban J connectivity index is 1.79. The summed E-state index contributed by atoms with van der Waals surface area (Å²) >= 11 is 0. The third-order valence-corrected chi connectivity index (χ3v) is 3.00. The summed E-state index contributed by atoms with van der Waals surface area (Å²) in [6.07, 6.45) is -9.41. The lowest BCUT2D eigenvalue weighted by Crippen LogP contribution is -2.04. The van der Waals surface area contributed by atoms with Crippen LogP contribution in [0.1, 0.15) is 22.9 Å². The first-order valence-electron chi connectivity index (χ1n) is 5.84. The highest BCUT2D eigenvalue weighted by atomic mass is 31.1. The van der Waals surface area contributed by atoms with Crippen LogP contribution in [0.2, 0.25) is 0 Å². The van der Waals surface area contributed by atoms with Gasteiger partial charge < -0.3 is 9.05 Å². The summed E-state index contributed by atoms with van der Waals surface area (Å²) in [6, 6.07) is 1.07. The lowest BCUT2D eigenvalue weighted by Gasteiger charge is -1.97. The maximum Gasteiger partial charge on any atom is 0.698 e.